The molecule has 0 aliphatic rings. The number of nitro benzene ring substituents is 1. The van der Waals surface area contributed by atoms with E-state index in [0.717, 1.165) is 13.1 Å². The van der Waals surface area contributed by atoms with Gasteiger partial charge in [0.1, 0.15) is 0 Å². The Bertz CT molecular complexity index is 568. The molecule has 1 aromatic carbocycles. The van der Waals surface area contributed by atoms with Gasteiger partial charge in [0, 0.05) is 24.7 Å². The average molecular weight is 315 g/mol. The highest BCUT2D eigenvalue weighted by atomic mass is 32.2. The molecule has 0 bridgehead atoms. The predicted octanol–water partition coefficient (Wildman–Crippen LogP) is 1.60. The summed E-state index contributed by atoms with van der Waals surface area (Å²) in [6.45, 7) is 8.13. The van der Waals surface area contributed by atoms with Crippen LogP contribution < -0.4 is 4.72 Å². The number of non-ortho nitro benzene ring substituents is 1. The first kappa shape index (κ1) is 17.5. The van der Waals surface area contributed by atoms with Crippen molar-refractivity contribution < 1.29 is 13.3 Å². The second-order valence-corrected chi connectivity index (χ2v) is 6.47. The maximum atomic E-state index is 12.2. The monoisotopic (exact) mass is 315 g/mol. The van der Waals surface area contributed by atoms with Crippen LogP contribution in [-0.4, -0.2) is 43.9 Å². The molecule has 0 saturated carbocycles. The van der Waals surface area contributed by atoms with Crippen LogP contribution in [-0.2, 0) is 10.0 Å². The topological polar surface area (TPSA) is 92.6 Å². The molecule has 0 aliphatic heterocycles. The Balaban J connectivity index is 2.79. The number of nitrogens with zero attached hydrogens (tertiary/aromatic N) is 2. The summed E-state index contributed by atoms with van der Waals surface area (Å²) in [5, 5.41) is 10.6. The van der Waals surface area contributed by atoms with Crippen molar-refractivity contribution in [2.45, 2.75) is 31.7 Å². The first-order valence-electron chi connectivity index (χ1n) is 6.79. The fourth-order valence-electron chi connectivity index (χ4n) is 1.99. The summed E-state index contributed by atoms with van der Waals surface area (Å²) >= 11 is 0. The van der Waals surface area contributed by atoms with Gasteiger partial charge in [0.05, 0.1) is 9.82 Å². The van der Waals surface area contributed by atoms with E-state index >= 15 is 0 Å². The second kappa shape index (κ2) is 7.48. The summed E-state index contributed by atoms with van der Waals surface area (Å²) in [6.07, 6.45) is 0. The van der Waals surface area contributed by atoms with Crippen molar-refractivity contribution >= 4 is 15.7 Å². The third-order valence-corrected chi connectivity index (χ3v) is 4.75. The number of likely N-dealkylation sites (N-methyl/N-ethyl adjacent to an activating group) is 1. The quantitative estimate of drug-likeness (QED) is 0.581. The first-order chi connectivity index (χ1) is 9.80. The summed E-state index contributed by atoms with van der Waals surface area (Å²) in [6, 6.07) is 4.60. The van der Waals surface area contributed by atoms with E-state index in [4.69, 9.17) is 0 Å². The molecule has 7 nitrogen and oxygen atoms in total. The minimum atomic E-state index is -3.66. The Hall–Kier alpha value is -1.51. The summed E-state index contributed by atoms with van der Waals surface area (Å²) in [5.74, 6) is 0. The van der Waals surface area contributed by atoms with Gasteiger partial charge >= 0.3 is 0 Å². The number of nitro groups is 1. The van der Waals surface area contributed by atoms with Gasteiger partial charge in [0.25, 0.3) is 5.69 Å². The largest absolute Gasteiger partial charge is 0.302 e. The van der Waals surface area contributed by atoms with Crippen molar-refractivity contribution in [3.05, 3.63) is 34.4 Å². The number of nitrogens with one attached hydrogen (secondary N) is 1. The molecular weight excluding hydrogens is 294 g/mol. The SMILES string of the molecule is CCN(CC)C[C@@H](C)NS(=O)(=O)c1ccc([N+](=O)[O-])cc1. The van der Waals surface area contributed by atoms with Gasteiger partial charge in [-0.3, -0.25) is 10.1 Å². The highest BCUT2D eigenvalue weighted by molar-refractivity contribution is 7.89. The molecular formula is C13H21N3O4S. The molecule has 0 amide bonds. The van der Waals surface area contributed by atoms with Gasteiger partial charge in [-0.2, -0.15) is 0 Å². The average Bonchev–Trinajstić information content (AvgIpc) is 2.44. The fraction of sp³-hybridized carbons (Fsp3) is 0.538. The van der Waals surface area contributed by atoms with Gasteiger partial charge in [0.15, 0.2) is 0 Å². The number of sulfonamides is 1. The number of hydrogen-bond acceptors (Lipinski definition) is 5. The summed E-state index contributed by atoms with van der Waals surface area (Å²) in [5.41, 5.74) is -0.134. The summed E-state index contributed by atoms with van der Waals surface area (Å²) in [4.78, 5) is 12.1. The third kappa shape index (κ3) is 5.07. The second-order valence-electron chi connectivity index (χ2n) is 4.76. The minimum Gasteiger partial charge on any atom is -0.302 e. The number of rotatable bonds is 8. The van der Waals surface area contributed by atoms with Crippen LogP contribution in [0, 0.1) is 10.1 Å². The van der Waals surface area contributed by atoms with Gasteiger partial charge in [-0.1, -0.05) is 13.8 Å². The molecule has 21 heavy (non-hydrogen) atoms. The van der Waals surface area contributed by atoms with Crippen LogP contribution in [0.3, 0.4) is 0 Å². The van der Waals surface area contributed by atoms with Crippen LogP contribution in [0.25, 0.3) is 0 Å². The lowest BCUT2D eigenvalue weighted by Crippen LogP contribution is -2.41. The minimum absolute atomic E-state index is 0.0273. The van der Waals surface area contributed by atoms with E-state index in [1.165, 1.54) is 24.3 Å². The Morgan fingerprint density at radius 3 is 2.19 bits per heavy atom. The molecule has 1 atom stereocenters. The number of benzene rings is 1. The van der Waals surface area contributed by atoms with E-state index in [1.54, 1.807) is 6.92 Å². The van der Waals surface area contributed by atoms with Gasteiger partial charge in [0.2, 0.25) is 10.0 Å². The van der Waals surface area contributed by atoms with Crippen molar-refractivity contribution in [2.75, 3.05) is 19.6 Å². The molecule has 0 aliphatic carbocycles. The molecule has 1 N–H and O–H groups in total. The lowest BCUT2D eigenvalue weighted by atomic mass is 10.3. The molecule has 0 heterocycles. The van der Waals surface area contributed by atoms with E-state index in [0.29, 0.717) is 6.54 Å². The van der Waals surface area contributed by atoms with Gasteiger partial charge in [-0.25, -0.2) is 13.1 Å². The van der Waals surface area contributed by atoms with Crippen LogP contribution in [0.1, 0.15) is 20.8 Å². The van der Waals surface area contributed by atoms with Gasteiger partial charge in [-0.05, 0) is 32.1 Å². The van der Waals surface area contributed by atoms with Crippen LogP contribution >= 0.6 is 0 Å². The summed E-state index contributed by atoms with van der Waals surface area (Å²) < 4.78 is 26.9. The Labute approximate surface area is 125 Å². The van der Waals surface area contributed by atoms with E-state index < -0.39 is 14.9 Å². The maximum Gasteiger partial charge on any atom is 0.269 e. The van der Waals surface area contributed by atoms with Crippen LogP contribution in [0.15, 0.2) is 29.2 Å². The zero-order chi connectivity index (χ0) is 16.0. The Kier molecular flexibility index (Phi) is 6.25. The molecule has 8 heteroatoms. The molecule has 1 rings (SSSR count). The molecule has 118 valence electrons. The van der Waals surface area contributed by atoms with Gasteiger partial charge < -0.3 is 4.90 Å². The molecule has 0 fully saturated rings. The van der Waals surface area contributed by atoms with Crippen LogP contribution in [0.4, 0.5) is 5.69 Å². The normalized spacial score (nSPS) is 13.3. The zero-order valence-electron chi connectivity index (χ0n) is 12.4. The van der Waals surface area contributed by atoms with Crippen molar-refractivity contribution in [2.24, 2.45) is 0 Å². The summed E-state index contributed by atoms with van der Waals surface area (Å²) in [7, 11) is -3.66. The van der Waals surface area contributed by atoms with Crippen LogP contribution in [0.2, 0.25) is 0 Å². The number of hydrogen-bond donors (Lipinski definition) is 1. The standard InChI is InChI=1S/C13H21N3O4S/c1-4-15(5-2)10-11(3)14-21(19,20)13-8-6-12(7-9-13)16(17)18/h6-9,11,14H,4-5,10H2,1-3H3/t11-/m1/s1. The molecule has 0 aromatic heterocycles. The molecule has 0 unspecified atom stereocenters. The molecule has 1 aromatic rings. The lowest BCUT2D eigenvalue weighted by Gasteiger charge is -2.23. The van der Waals surface area contributed by atoms with Crippen molar-refractivity contribution in [3.8, 4) is 0 Å². The predicted molar refractivity (Wildman–Crippen MR) is 80.7 cm³/mol. The third-order valence-electron chi connectivity index (χ3n) is 3.14. The Morgan fingerprint density at radius 1 is 1.24 bits per heavy atom. The maximum absolute atomic E-state index is 12.2. The smallest absolute Gasteiger partial charge is 0.269 e. The molecule has 0 saturated heterocycles. The first-order valence-corrected chi connectivity index (χ1v) is 8.27. The fourth-order valence-corrected chi connectivity index (χ4v) is 3.22. The molecule has 0 spiro atoms. The Morgan fingerprint density at radius 2 is 1.76 bits per heavy atom. The van der Waals surface area contributed by atoms with Crippen LogP contribution in [0.5, 0.6) is 0 Å². The highest BCUT2D eigenvalue weighted by Crippen LogP contribution is 2.16. The zero-order valence-corrected chi connectivity index (χ0v) is 13.3. The van der Waals surface area contributed by atoms with E-state index in [9.17, 15) is 18.5 Å². The highest BCUT2D eigenvalue weighted by Gasteiger charge is 2.19. The van der Waals surface area contributed by atoms with Gasteiger partial charge in [-0.15, -0.1) is 0 Å². The van der Waals surface area contributed by atoms with Crippen molar-refractivity contribution in [1.29, 1.82) is 0 Å². The lowest BCUT2D eigenvalue weighted by molar-refractivity contribution is -0.384. The van der Waals surface area contributed by atoms with E-state index in [1.807, 2.05) is 13.8 Å². The van der Waals surface area contributed by atoms with E-state index in [2.05, 4.69) is 9.62 Å². The molecule has 0 radical (unpaired) electrons. The van der Waals surface area contributed by atoms with Crippen molar-refractivity contribution in [3.63, 3.8) is 0 Å². The van der Waals surface area contributed by atoms with Crippen molar-refractivity contribution in [1.82, 2.24) is 9.62 Å². The van der Waals surface area contributed by atoms with E-state index in [-0.39, 0.29) is 16.6 Å².